The Morgan fingerprint density at radius 1 is 1.00 bits per heavy atom. The van der Waals surface area contributed by atoms with Crippen molar-refractivity contribution in [2.75, 3.05) is 0 Å². The smallest absolute Gasteiger partial charge is 0.139 e. The Hall–Kier alpha value is -2.00. The van der Waals surface area contributed by atoms with Gasteiger partial charge >= 0.3 is 0 Å². The average Bonchev–Trinajstić information content (AvgIpc) is 2.37. The fourth-order valence-electron chi connectivity index (χ4n) is 2.05. The Kier molecular flexibility index (Phi) is 2.68. The number of aromatic nitrogens is 2. The summed E-state index contributed by atoms with van der Waals surface area (Å²) in [4.78, 5) is 7.62. The van der Waals surface area contributed by atoms with Crippen LogP contribution < -0.4 is 0 Å². The first-order valence-electron chi connectivity index (χ1n) is 5.79. The average molecular weight is 252 g/mol. The maximum absolute atomic E-state index is 5.15. The van der Waals surface area contributed by atoms with E-state index in [9.17, 15) is 0 Å². The molecule has 0 aliphatic carbocycles. The summed E-state index contributed by atoms with van der Waals surface area (Å²) in [5, 5.41) is 2.44. The normalized spacial score (nSPS) is 10.7. The van der Waals surface area contributed by atoms with Crippen molar-refractivity contribution in [3.63, 3.8) is 0 Å². The van der Waals surface area contributed by atoms with E-state index in [1.54, 1.807) is 0 Å². The van der Waals surface area contributed by atoms with Crippen LogP contribution in [0.15, 0.2) is 48.5 Å². The van der Waals surface area contributed by atoms with Crippen LogP contribution in [0.2, 0.25) is 0 Å². The number of aryl methyl sites for hydroxylation is 1. The monoisotopic (exact) mass is 252 g/mol. The summed E-state index contributed by atoms with van der Waals surface area (Å²) in [5.41, 5.74) is 2.08. The molecule has 2 nitrogen and oxygen atoms in total. The number of hydrogen-bond donors (Lipinski definition) is 1. The van der Waals surface area contributed by atoms with Crippen molar-refractivity contribution in [2.24, 2.45) is 0 Å². The molecule has 0 fully saturated rings. The molecule has 0 bridgehead atoms. The van der Waals surface area contributed by atoms with Crippen molar-refractivity contribution in [3.05, 3.63) is 58.9 Å². The van der Waals surface area contributed by atoms with Crippen molar-refractivity contribution in [1.29, 1.82) is 0 Å². The SMILES string of the molecule is Cc1cc(=S)nc(-c2ccc3ccccc3c2)[nH]1. The first-order chi connectivity index (χ1) is 8.72. The van der Waals surface area contributed by atoms with Crippen LogP contribution in [0, 0.1) is 11.6 Å². The number of benzene rings is 2. The maximum atomic E-state index is 5.15. The molecule has 0 radical (unpaired) electrons. The highest BCUT2D eigenvalue weighted by molar-refractivity contribution is 7.71. The lowest BCUT2D eigenvalue weighted by molar-refractivity contribution is 1.10. The first kappa shape index (κ1) is 11.1. The lowest BCUT2D eigenvalue weighted by Crippen LogP contribution is -1.91. The summed E-state index contributed by atoms with van der Waals surface area (Å²) in [6.45, 7) is 1.99. The number of fused-ring (bicyclic) bond motifs is 1. The number of nitrogens with zero attached hydrogens (tertiary/aromatic N) is 1. The Morgan fingerprint density at radius 3 is 2.56 bits per heavy atom. The number of nitrogens with one attached hydrogen (secondary N) is 1. The van der Waals surface area contributed by atoms with E-state index >= 15 is 0 Å². The summed E-state index contributed by atoms with van der Waals surface area (Å²) < 4.78 is 0.620. The Bertz CT molecular complexity index is 775. The summed E-state index contributed by atoms with van der Waals surface area (Å²) in [6, 6.07) is 16.4. The van der Waals surface area contributed by atoms with Crippen molar-refractivity contribution < 1.29 is 0 Å². The molecule has 0 amide bonds. The minimum Gasteiger partial charge on any atom is -0.343 e. The zero-order valence-corrected chi connectivity index (χ0v) is 10.8. The van der Waals surface area contributed by atoms with Crippen molar-refractivity contribution in [1.82, 2.24) is 9.97 Å². The largest absolute Gasteiger partial charge is 0.343 e. The Labute approximate surface area is 110 Å². The van der Waals surface area contributed by atoms with Crippen LogP contribution in [0.25, 0.3) is 22.2 Å². The topological polar surface area (TPSA) is 28.7 Å². The molecule has 0 aliphatic rings. The molecular weight excluding hydrogens is 240 g/mol. The van der Waals surface area contributed by atoms with Crippen LogP contribution in [-0.2, 0) is 0 Å². The van der Waals surface area contributed by atoms with Crippen LogP contribution in [0.5, 0.6) is 0 Å². The molecule has 3 rings (SSSR count). The van der Waals surface area contributed by atoms with Crippen molar-refractivity contribution >= 4 is 23.0 Å². The van der Waals surface area contributed by atoms with Gasteiger partial charge in [0.25, 0.3) is 0 Å². The van der Waals surface area contributed by atoms with Gasteiger partial charge in [0.15, 0.2) is 0 Å². The molecule has 0 aliphatic heterocycles. The Morgan fingerprint density at radius 2 is 1.78 bits per heavy atom. The second kappa shape index (κ2) is 4.35. The van der Waals surface area contributed by atoms with Crippen LogP contribution in [-0.4, -0.2) is 9.97 Å². The summed E-state index contributed by atoms with van der Waals surface area (Å²) in [5.74, 6) is 0.825. The van der Waals surface area contributed by atoms with E-state index in [0.717, 1.165) is 17.1 Å². The fraction of sp³-hybridized carbons (Fsp3) is 0.0667. The molecule has 1 heterocycles. The summed E-state index contributed by atoms with van der Waals surface area (Å²) >= 11 is 5.15. The quantitative estimate of drug-likeness (QED) is 0.655. The van der Waals surface area contributed by atoms with Gasteiger partial charge in [-0.05, 0) is 29.8 Å². The molecule has 0 atom stereocenters. The minimum atomic E-state index is 0.620. The molecule has 0 spiro atoms. The highest BCUT2D eigenvalue weighted by Gasteiger charge is 2.02. The summed E-state index contributed by atoms with van der Waals surface area (Å²) in [7, 11) is 0. The highest BCUT2D eigenvalue weighted by atomic mass is 32.1. The van der Waals surface area contributed by atoms with Crippen LogP contribution in [0.4, 0.5) is 0 Å². The van der Waals surface area contributed by atoms with E-state index in [1.807, 2.05) is 25.1 Å². The van der Waals surface area contributed by atoms with Gasteiger partial charge in [-0.1, -0.05) is 48.6 Å². The van der Waals surface area contributed by atoms with Crippen molar-refractivity contribution in [3.8, 4) is 11.4 Å². The number of hydrogen-bond acceptors (Lipinski definition) is 2. The van der Waals surface area contributed by atoms with E-state index < -0.39 is 0 Å². The van der Waals surface area contributed by atoms with Crippen LogP contribution >= 0.6 is 12.2 Å². The Balaban J connectivity index is 2.22. The van der Waals surface area contributed by atoms with Gasteiger partial charge in [-0.3, -0.25) is 0 Å². The molecule has 18 heavy (non-hydrogen) atoms. The van der Waals surface area contributed by atoms with Gasteiger partial charge in [-0.15, -0.1) is 0 Å². The van der Waals surface area contributed by atoms with Gasteiger partial charge in [0.1, 0.15) is 10.5 Å². The highest BCUT2D eigenvalue weighted by Crippen LogP contribution is 2.21. The summed E-state index contributed by atoms with van der Waals surface area (Å²) in [6.07, 6.45) is 0. The zero-order chi connectivity index (χ0) is 12.5. The van der Waals surface area contributed by atoms with Gasteiger partial charge < -0.3 is 4.98 Å². The fourth-order valence-corrected chi connectivity index (χ4v) is 2.32. The number of aromatic amines is 1. The molecule has 0 saturated carbocycles. The first-order valence-corrected chi connectivity index (χ1v) is 6.20. The van der Waals surface area contributed by atoms with Gasteiger partial charge in [0, 0.05) is 11.3 Å². The van der Waals surface area contributed by atoms with Crippen LogP contribution in [0.3, 0.4) is 0 Å². The predicted octanol–water partition coefficient (Wildman–Crippen LogP) is 4.27. The lowest BCUT2D eigenvalue weighted by atomic mass is 10.1. The molecule has 88 valence electrons. The van der Waals surface area contributed by atoms with E-state index in [4.69, 9.17) is 12.2 Å². The molecule has 0 unspecified atom stereocenters. The van der Waals surface area contributed by atoms with Crippen LogP contribution in [0.1, 0.15) is 5.69 Å². The third-order valence-electron chi connectivity index (χ3n) is 2.90. The van der Waals surface area contributed by atoms with Crippen molar-refractivity contribution in [2.45, 2.75) is 6.92 Å². The molecule has 3 aromatic rings. The predicted molar refractivity (Wildman–Crippen MR) is 77.1 cm³/mol. The molecule has 0 saturated heterocycles. The standard InChI is InChI=1S/C15H12N2S/c1-10-8-14(18)17-15(16-10)13-7-6-11-4-2-3-5-12(11)9-13/h2-9H,1H3,(H,16,17,18). The lowest BCUT2D eigenvalue weighted by Gasteiger charge is -2.04. The third kappa shape index (κ3) is 2.05. The molecule has 1 N–H and O–H groups in total. The second-order valence-corrected chi connectivity index (χ2v) is 4.73. The number of rotatable bonds is 1. The molecule has 2 aromatic carbocycles. The molecule has 3 heteroatoms. The van der Waals surface area contributed by atoms with E-state index in [0.29, 0.717) is 4.64 Å². The number of H-pyrrole nitrogens is 1. The van der Waals surface area contributed by atoms with Gasteiger partial charge in [-0.2, -0.15) is 0 Å². The van der Waals surface area contributed by atoms with E-state index in [-0.39, 0.29) is 0 Å². The zero-order valence-electron chi connectivity index (χ0n) is 9.97. The molecular formula is C15H12N2S. The minimum absolute atomic E-state index is 0.620. The third-order valence-corrected chi connectivity index (χ3v) is 3.11. The van der Waals surface area contributed by atoms with Gasteiger partial charge in [0.2, 0.25) is 0 Å². The van der Waals surface area contributed by atoms with Gasteiger partial charge in [-0.25, -0.2) is 4.98 Å². The second-order valence-electron chi connectivity index (χ2n) is 4.31. The molecule has 1 aromatic heterocycles. The van der Waals surface area contributed by atoms with Gasteiger partial charge in [0.05, 0.1) is 0 Å². The maximum Gasteiger partial charge on any atom is 0.139 e. The van der Waals surface area contributed by atoms with E-state index in [1.165, 1.54) is 10.8 Å². The van der Waals surface area contributed by atoms with E-state index in [2.05, 4.69) is 40.3 Å².